The molecule has 5 nitrogen and oxygen atoms in total. The Hall–Kier alpha value is -2.92. The molecule has 154 valence electrons. The maximum Gasteiger partial charge on any atom is 0.225 e. The van der Waals surface area contributed by atoms with E-state index < -0.39 is 0 Å². The Kier molecular flexibility index (Phi) is 6.29. The minimum absolute atomic E-state index is 0.0520. The Balaban J connectivity index is 1.41. The van der Waals surface area contributed by atoms with Gasteiger partial charge in [-0.1, -0.05) is 53.6 Å². The number of nitrogens with one attached hydrogen (secondary N) is 1. The lowest BCUT2D eigenvalue weighted by molar-refractivity contribution is -0.125. The highest BCUT2D eigenvalue weighted by Crippen LogP contribution is 2.24. The fourth-order valence-electron chi connectivity index (χ4n) is 3.70. The predicted octanol–water partition coefficient (Wildman–Crippen LogP) is 4.64. The number of benzene rings is 2. The highest BCUT2D eigenvalue weighted by Gasteiger charge is 2.26. The topological polar surface area (TPSA) is 58.1 Å². The SMILES string of the molecule is Cc1ccc(-c2nccc(N3CCCC(C(=O)NCc4ccc(Cl)cc4)C3)n2)cc1. The van der Waals surface area contributed by atoms with E-state index in [1.807, 2.05) is 42.5 Å². The summed E-state index contributed by atoms with van der Waals surface area (Å²) in [6, 6.07) is 17.7. The Morgan fingerprint density at radius 2 is 1.90 bits per heavy atom. The molecule has 1 aliphatic rings. The highest BCUT2D eigenvalue weighted by atomic mass is 35.5. The van der Waals surface area contributed by atoms with Gasteiger partial charge in [-0.25, -0.2) is 9.97 Å². The summed E-state index contributed by atoms with van der Waals surface area (Å²) in [5, 5.41) is 3.76. The minimum atomic E-state index is -0.0520. The zero-order chi connectivity index (χ0) is 20.9. The maximum absolute atomic E-state index is 12.7. The normalized spacial score (nSPS) is 16.3. The van der Waals surface area contributed by atoms with Crippen LogP contribution in [0.4, 0.5) is 5.82 Å². The lowest BCUT2D eigenvalue weighted by atomic mass is 9.97. The number of carbonyl (C=O) groups is 1. The first-order valence-electron chi connectivity index (χ1n) is 10.3. The molecule has 30 heavy (non-hydrogen) atoms. The molecule has 6 heteroatoms. The second kappa shape index (κ2) is 9.26. The molecule has 0 saturated carbocycles. The Morgan fingerprint density at radius 3 is 2.67 bits per heavy atom. The van der Waals surface area contributed by atoms with Gasteiger partial charge in [-0.3, -0.25) is 4.79 Å². The molecular formula is C24H25ClN4O. The summed E-state index contributed by atoms with van der Waals surface area (Å²) in [7, 11) is 0. The van der Waals surface area contributed by atoms with Crippen molar-refractivity contribution in [3.8, 4) is 11.4 Å². The molecule has 1 N–H and O–H groups in total. The van der Waals surface area contributed by atoms with E-state index >= 15 is 0 Å². The van der Waals surface area contributed by atoms with Crippen molar-refractivity contribution < 1.29 is 4.79 Å². The van der Waals surface area contributed by atoms with Gasteiger partial charge in [0.25, 0.3) is 0 Å². The number of rotatable bonds is 5. The zero-order valence-electron chi connectivity index (χ0n) is 17.0. The van der Waals surface area contributed by atoms with Crippen molar-refractivity contribution in [1.29, 1.82) is 0 Å². The van der Waals surface area contributed by atoms with Crippen molar-refractivity contribution in [3.05, 3.63) is 76.9 Å². The maximum atomic E-state index is 12.7. The molecule has 4 rings (SSSR count). The summed E-state index contributed by atoms with van der Waals surface area (Å²) < 4.78 is 0. The molecule has 0 bridgehead atoms. The van der Waals surface area contributed by atoms with Gasteiger partial charge in [-0.05, 0) is 43.5 Å². The molecule has 2 aromatic carbocycles. The minimum Gasteiger partial charge on any atom is -0.356 e. The number of hydrogen-bond donors (Lipinski definition) is 1. The van der Waals surface area contributed by atoms with Crippen LogP contribution >= 0.6 is 11.6 Å². The summed E-state index contributed by atoms with van der Waals surface area (Å²) in [5.74, 6) is 1.61. The third kappa shape index (κ3) is 4.97. The summed E-state index contributed by atoms with van der Waals surface area (Å²) in [6.45, 7) is 4.13. The smallest absolute Gasteiger partial charge is 0.225 e. The van der Waals surface area contributed by atoms with Crippen LogP contribution in [0.1, 0.15) is 24.0 Å². The van der Waals surface area contributed by atoms with Crippen LogP contribution in [-0.2, 0) is 11.3 Å². The number of aromatic nitrogens is 2. The average Bonchev–Trinajstić information content (AvgIpc) is 2.79. The second-order valence-electron chi connectivity index (χ2n) is 7.73. The van der Waals surface area contributed by atoms with Gasteiger partial charge in [-0.15, -0.1) is 0 Å². The highest BCUT2D eigenvalue weighted by molar-refractivity contribution is 6.30. The van der Waals surface area contributed by atoms with Crippen molar-refractivity contribution >= 4 is 23.3 Å². The third-order valence-corrected chi connectivity index (χ3v) is 5.70. The predicted molar refractivity (Wildman–Crippen MR) is 120 cm³/mol. The molecule has 0 spiro atoms. The van der Waals surface area contributed by atoms with Crippen LogP contribution < -0.4 is 10.2 Å². The van der Waals surface area contributed by atoms with Gasteiger partial charge >= 0.3 is 0 Å². The molecule has 0 aliphatic carbocycles. The van der Waals surface area contributed by atoms with Gasteiger partial charge in [0.1, 0.15) is 5.82 Å². The van der Waals surface area contributed by atoms with E-state index in [-0.39, 0.29) is 11.8 Å². The molecule has 1 aliphatic heterocycles. The van der Waals surface area contributed by atoms with Crippen molar-refractivity contribution in [2.45, 2.75) is 26.3 Å². The molecule has 1 saturated heterocycles. The molecule has 2 heterocycles. The van der Waals surface area contributed by atoms with Gasteiger partial charge in [0, 0.05) is 36.4 Å². The number of anilines is 1. The monoisotopic (exact) mass is 420 g/mol. The summed E-state index contributed by atoms with van der Waals surface area (Å²) in [5.41, 5.74) is 3.24. The first-order valence-corrected chi connectivity index (χ1v) is 10.6. The Bertz CT molecular complexity index is 1000. The second-order valence-corrected chi connectivity index (χ2v) is 8.17. The van der Waals surface area contributed by atoms with E-state index in [1.165, 1.54) is 5.56 Å². The van der Waals surface area contributed by atoms with E-state index in [0.29, 0.717) is 23.9 Å². The molecule has 1 fully saturated rings. The van der Waals surface area contributed by atoms with E-state index in [2.05, 4.69) is 34.3 Å². The first kappa shape index (κ1) is 20.4. The number of aryl methyl sites for hydroxylation is 1. The number of nitrogens with zero attached hydrogens (tertiary/aromatic N) is 3. The van der Waals surface area contributed by atoms with Crippen LogP contribution in [0.5, 0.6) is 0 Å². The van der Waals surface area contributed by atoms with Crippen LogP contribution in [0.25, 0.3) is 11.4 Å². The number of amides is 1. The first-order chi connectivity index (χ1) is 14.6. The van der Waals surface area contributed by atoms with Gasteiger partial charge in [0.15, 0.2) is 5.82 Å². The summed E-state index contributed by atoms with van der Waals surface area (Å²) in [4.78, 5) is 24.1. The third-order valence-electron chi connectivity index (χ3n) is 5.45. The van der Waals surface area contributed by atoms with Crippen molar-refractivity contribution in [3.63, 3.8) is 0 Å². The number of halogens is 1. The quantitative estimate of drug-likeness (QED) is 0.653. The van der Waals surface area contributed by atoms with Crippen molar-refractivity contribution in [2.24, 2.45) is 5.92 Å². The fourth-order valence-corrected chi connectivity index (χ4v) is 3.83. The number of hydrogen-bond acceptors (Lipinski definition) is 4. The van der Waals surface area contributed by atoms with E-state index in [1.54, 1.807) is 6.20 Å². The van der Waals surface area contributed by atoms with E-state index in [9.17, 15) is 4.79 Å². The summed E-state index contributed by atoms with van der Waals surface area (Å²) >= 11 is 5.92. The van der Waals surface area contributed by atoms with Crippen LogP contribution in [0, 0.1) is 12.8 Å². The summed E-state index contributed by atoms with van der Waals surface area (Å²) in [6.07, 6.45) is 3.64. The standard InChI is InChI=1S/C24H25ClN4O/c1-17-4-8-19(9-5-17)23-26-13-12-22(28-23)29-14-2-3-20(16-29)24(30)27-15-18-6-10-21(25)11-7-18/h4-13,20H,2-3,14-16H2,1H3,(H,27,30). The van der Waals surface area contributed by atoms with Gasteiger partial charge in [0.05, 0.1) is 5.92 Å². The molecule has 1 atom stereocenters. The Labute approximate surface area is 182 Å². The molecule has 1 unspecified atom stereocenters. The number of piperidine rings is 1. The van der Waals surface area contributed by atoms with E-state index in [0.717, 1.165) is 36.3 Å². The van der Waals surface area contributed by atoms with Crippen LogP contribution in [0.15, 0.2) is 60.8 Å². The molecule has 3 aromatic rings. The van der Waals surface area contributed by atoms with Crippen LogP contribution in [0.3, 0.4) is 0 Å². The molecule has 1 aromatic heterocycles. The fraction of sp³-hybridized carbons (Fsp3) is 0.292. The van der Waals surface area contributed by atoms with E-state index in [4.69, 9.17) is 16.6 Å². The molecule has 1 amide bonds. The van der Waals surface area contributed by atoms with Gasteiger partial charge < -0.3 is 10.2 Å². The van der Waals surface area contributed by atoms with Gasteiger partial charge in [-0.2, -0.15) is 0 Å². The number of carbonyl (C=O) groups excluding carboxylic acids is 1. The zero-order valence-corrected chi connectivity index (χ0v) is 17.8. The molecular weight excluding hydrogens is 396 g/mol. The molecule has 0 radical (unpaired) electrons. The van der Waals surface area contributed by atoms with Crippen LogP contribution in [-0.4, -0.2) is 29.0 Å². The van der Waals surface area contributed by atoms with Crippen LogP contribution in [0.2, 0.25) is 5.02 Å². The largest absolute Gasteiger partial charge is 0.356 e. The Morgan fingerprint density at radius 1 is 1.13 bits per heavy atom. The van der Waals surface area contributed by atoms with Crippen molar-refractivity contribution in [1.82, 2.24) is 15.3 Å². The van der Waals surface area contributed by atoms with Crippen molar-refractivity contribution in [2.75, 3.05) is 18.0 Å². The lowest BCUT2D eigenvalue weighted by Crippen LogP contribution is -2.43. The average molecular weight is 421 g/mol. The lowest BCUT2D eigenvalue weighted by Gasteiger charge is -2.33. The van der Waals surface area contributed by atoms with Gasteiger partial charge in [0.2, 0.25) is 5.91 Å².